The first-order valence-electron chi connectivity index (χ1n) is 4.73. The molecule has 1 aromatic carbocycles. The monoisotopic (exact) mass is 232 g/mol. The van der Waals surface area contributed by atoms with Crippen molar-refractivity contribution in [1.29, 1.82) is 5.26 Å². The fourth-order valence-electron chi connectivity index (χ4n) is 1.10. The molecule has 0 saturated carbocycles. The van der Waals surface area contributed by atoms with Crippen molar-refractivity contribution in [2.24, 2.45) is 0 Å². The Hall–Kier alpha value is -1.73. The van der Waals surface area contributed by atoms with E-state index >= 15 is 0 Å². The fourth-order valence-corrected chi connectivity index (χ4v) is 1.48. The van der Waals surface area contributed by atoms with E-state index in [1.165, 1.54) is 6.08 Å². The number of thioether (sulfide) groups is 1. The lowest BCUT2D eigenvalue weighted by Crippen LogP contribution is -2.08. The van der Waals surface area contributed by atoms with E-state index in [-0.39, 0.29) is 5.91 Å². The number of carbonyl (C=O) groups excluding carboxylic acids is 1. The Labute approximate surface area is 99.2 Å². The first-order valence-corrected chi connectivity index (χ1v) is 5.55. The molecule has 0 spiro atoms. The van der Waals surface area contributed by atoms with Gasteiger partial charge in [-0.1, -0.05) is 5.57 Å². The molecule has 0 saturated heterocycles. The number of allylic oxidation sites excluding steroid dienone is 1. The van der Waals surface area contributed by atoms with E-state index in [1.54, 1.807) is 24.3 Å². The van der Waals surface area contributed by atoms with E-state index in [4.69, 9.17) is 5.26 Å². The van der Waals surface area contributed by atoms with E-state index in [0.717, 1.165) is 27.9 Å². The average molecular weight is 232 g/mol. The van der Waals surface area contributed by atoms with Crippen LogP contribution in [0.3, 0.4) is 0 Å². The summed E-state index contributed by atoms with van der Waals surface area (Å²) in [6.07, 6.45) is 1.54. The van der Waals surface area contributed by atoms with Crippen molar-refractivity contribution >= 4 is 23.4 Å². The molecule has 3 nitrogen and oxygen atoms in total. The third-order valence-electron chi connectivity index (χ3n) is 1.71. The minimum absolute atomic E-state index is 0.138. The number of hydrogen-bond acceptors (Lipinski definition) is 3. The summed E-state index contributed by atoms with van der Waals surface area (Å²) in [5.74, 6) is -0.138. The van der Waals surface area contributed by atoms with Crippen molar-refractivity contribution < 1.29 is 4.79 Å². The predicted molar refractivity (Wildman–Crippen MR) is 66.0 cm³/mol. The van der Waals surface area contributed by atoms with Gasteiger partial charge in [0, 0.05) is 16.7 Å². The largest absolute Gasteiger partial charge is 0.323 e. The highest BCUT2D eigenvalue weighted by Crippen LogP contribution is 2.18. The molecule has 82 valence electrons. The number of benzene rings is 1. The number of hydrogen-bond donors (Lipinski definition) is 1. The number of nitrogens with zero attached hydrogens (tertiary/aromatic N) is 1. The number of nitriles is 1. The lowest BCUT2D eigenvalue weighted by atomic mass is 10.3. The highest BCUT2D eigenvalue weighted by atomic mass is 32.2. The van der Waals surface area contributed by atoms with E-state index in [2.05, 4.69) is 5.32 Å². The number of carbonyl (C=O) groups is 1. The molecule has 0 aliphatic heterocycles. The van der Waals surface area contributed by atoms with Crippen LogP contribution in [0.2, 0.25) is 0 Å². The second-order valence-corrected chi connectivity index (χ2v) is 4.29. The van der Waals surface area contributed by atoms with Gasteiger partial charge in [0.2, 0.25) is 5.91 Å². The predicted octanol–water partition coefficient (Wildman–Crippen LogP) is 3.16. The number of anilines is 1. The summed E-state index contributed by atoms with van der Waals surface area (Å²) in [4.78, 5) is 12.3. The second-order valence-electron chi connectivity index (χ2n) is 3.43. The number of amides is 1. The van der Waals surface area contributed by atoms with E-state index in [0.29, 0.717) is 0 Å². The minimum atomic E-state index is -0.138. The van der Waals surface area contributed by atoms with E-state index in [1.807, 2.05) is 19.2 Å². The second kappa shape index (κ2) is 5.99. The maximum atomic E-state index is 11.4. The van der Waals surface area contributed by atoms with Gasteiger partial charge in [-0.15, -0.1) is 0 Å². The molecule has 1 rings (SSSR count). The van der Waals surface area contributed by atoms with Crippen molar-refractivity contribution in [3.8, 4) is 5.40 Å². The molecule has 1 amide bonds. The van der Waals surface area contributed by atoms with Gasteiger partial charge < -0.3 is 5.32 Å². The molecule has 1 aromatic rings. The standard InChI is InChI=1S/C12H12N2OS/c1-9(2)7-12(15)14-10-3-5-11(6-4-10)16-8-13/h3-7H,1-2H3,(H,14,15). The summed E-state index contributed by atoms with van der Waals surface area (Å²) in [7, 11) is 0. The van der Waals surface area contributed by atoms with Gasteiger partial charge in [0.25, 0.3) is 0 Å². The van der Waals surface area contributed by atoms with E-state index < -0.39 is 0 Å². The van der Waals surface area contributed by atoms with Crippen molar-refractivity contribution in [3.63, 3.8) is 0 Å². The third-order valence-corrected chi connectivity index (χ3v) is 2.30. The zero-order chi connectivity index (χ0) is 12.0. The van der Waals surface area contributed by atoms with Crippen LogP contribution in [0, 0.1) is 10.7 Å². The SMILES string of the molecule is CC(C)=CC(=O)Nc1ccc(SC#N)cc1. The van der Waals surface area contributed by atoms with Crippen LogP contribution in [0.15, 0.2) is 40.8 Å². The summed E-state index contributed by atoms with van der Waals surface area (Å²) >= 11 is 1.09. The van der Waals surface area contributed by atoms with Crippen LogP contribution in [0.5, 0.6) is 0 Å². The van der Waals surface area contributed by atoms with Crippen LogP contribution < -0.4 is 5.32 Å². The maximum Gasteiger partial charge on any atom is 0.248 e. The first kappa shape index (κ1) is 12.3. The van der Waals surface area contributed by atoms with Crippen LogP contribution in [-0.4, -0.2) is 5.91 Å². The molecule has 0 fully saturated rings. The lowest BCUT2D eigenvalue weighted by molar-refractivity contribution is -0.111. The summed E-state index contributed by atoms with van der Waals surface area (Å²) in [5.41, 5.74) is 1.68. The van der Waals surface area contributed by atoms with Crippen LogP contribution in [0.1, 0.15) is 13.8 Å². The Morgan fingerprint density at radius 1 is 1.38 bits per heavy atom. The molecule has 0 aliphatic carbocycles. The molecule has 16 heavy (non-hydrogen) atoms. The van der Waals surface area contributed by atoms with Gasteiger partial charge in [0.1, 0.15) is 5.40 Å². The molecule has 1 N–H and O–H groups in total. The molecule has 0 aliphatic rings. The van der Waals surface area contributed by atoms with Crippen LogP contribution in [0.4, 0.5) is 5.69 Å². The van der Waals surface area contributed by atoms with Crippen LogP contribution >= 0.6 is 11.8 Å². The highest BCUT2D eigenvalue weighted by Gasteiger charge is 1.98. The topological polar surface area (TPSA) is 52.9 Å². The maximum absolute atomic E-state index is 11.4. The van der Waals surface area contributed by atoms with Gasteiger partial charge in [-0.3, -0.25) is 4.79 Å². The molecule has 0 aromatic heterocycles. The van der Waals surface area contributed by atoms with Crippen molar-refractivity contribution in [2.75, 3.05) is 5.32 Å². The van der Waals surface area contributed by atoms with Gasteiger partial charge in [-0.05, 0) is 49.9 Å². The Morgan fingerprint density at radius 2 is 2.00 bits per heavy atom. The van der Waals surface area contributed by atoms with Gasteiger partial charge in [-0.2, -0.15) is 5.26 Å². The van der Waals surface area contributed by atoms with Crippen molar-refractivity contribution in [3.05, 3.63) is 35.9 Å². The minimum Gasteiger partial charge on any atom is -0.323 e. The smallest absolute Gasteiger partial charge is 0.248 e. The Balaban J connectivity index is 2.66. The molecule has 0 radical (unpaired) electrons. The summed E-state index contributed by atoms with van der Waals surface area (Å²) in [5, 5.41) is 13.2. The Bertz CT molecular complexity index is 439. The van der Waals surface area contributed by atoms with Gasteiger partial charge >= 0.3 is 0 Å². The number of nitrogens with one attached hydrogen (secondary N) is 1. The number of thiocyanates is 1. The zero-order valence-corrected chi connectivity index (χ0v) is 9.97. The van der Waals surface area contributed by atoms with Gasteiger partial charge in [0.05, 0.1) is 0 Å². The first-order chi connectivity index (χ1) is 7.61. The molecule has 4 heteroatoms. The third kappa shape index (κ3) is 4.20. The van der Waals surface area contributed by atoms with Gasteiger partial charge in [0.15, 0.2) is 0 Å². The van der Waals surface area contributed by atoms with Crippen LogP contribution in [-0.2, 0) is 4.79 Å². The van der Waals surface area contributed by atoms with Crippen molar-refractivity contribution in [2.45, 2.75) is 18.7 Å². The molecule has 0 heterocycles. The van der Waals surface area contributed by atoms with E-state index in [9.17, 15) is 4.79 Å². The summed E-state index contributed by atoms with van der Waals surface area (Å²) in [6, 6.07) is 7.14. The molecule has 0 unspecified atom stereocenters. The lowest BCUT2D eigenvalue weighted by Gasteiger charge is -2.02. The molecule has 0 atom stereocenters. The van der Waals surface area contributed by atoms with Crippen LogP contribution in [0.25, 0.3) is 0 Å². The van der Waals surface area contributed by atoms with Gasteiger partial charge in [-0.25, -0.2) is 0 Å². The zero-order valence-electron chi connectivity index (χ0n) is 9.15. The molecular weight excluding hydrogens is 220 g/mol. The summed E-state index contributed by atoms with van der Waals surface area (Å²) < 4.78 is 0. The molecule has 0 bridgehead atoms. The Morgan fingerprint density at radius 3 is 2.50 bits per heavy atom. The summed E-state index contributed by atoms with van der Waals surface area (Å²) in [6.45, 7) is 3.73. The normalized spacial score (nSPS) is 9.06. The fraction of sp³-hybridized carbons (Fsp3) is 0.167. The quantitative estimate of drug-likeness (QED) is 0.494. The number of rotatable bonds is 3. The van der Waals surface area contributed by atoms with Crippen molar-refractivity contribution in [1.82, 2.24) is 0 Å². The average Bonchev–Trinajstić information content (AvgIpc) is 2.20. The Kier molecular flexibility index (Phi) is 4.62. The highest BCUT2D eigenvalue weighted by molar-refractivity contribution is 8.03. The molecular formula is C12H12N2OS.